The Morgan fingerprint density at radius 2 is 1.97 bits per heavy atom. The molecule has 162 valence electrons. The summed E-state index contributed by atoms with van der Waals surface area (Å²) in [5.74, 6) is -0.650. The van der Waals surface area contributed by atoms with Gasteiger partial charge in [0.25, 0.3) is 5.56 Å². The average Bonchev–Trinajstić information content (AvgIpc) is 3.09. The maximum absolute atomic E-state index is 14.7. The van der Waals surface area contributed by atoms with E-state index in [1.54, 1.807) is 38.2 Å². The lowest BCUT2D eigenvalue weighted by Crippen LogP contribution is -2.38. The van der Waals surface area contributed by atoms with Crippen molar-refractivity contribution >= 4 is 11.6 Å². The van der Waals surface area contributed by atoms with Gasteiger partial charge in [-0.3, -0.25) is 9.59 Å². The number of methoxy groups -OCH3 is 1. The number of rotatable bonds is 7. The third-order valence-electron chi connectivity index (χ3n) is 5.69. The Kier molecular flexibility index (Phi) is 6.28. The van der Waals surface area contributed by atoms with Gasteiger partial charge in [0.2, 0.25) is 5.91 Å². The predicted octanol–water partition coefficient (Wildman–Crippen LogP) is 1.82. The molecule has 0 unspecified atom stereocenters. The number of ether oxygens (including phenoxy) is 1. The van der Waals surface area contributed by atoms with Crippen molar-refractivity contribution < 1.29 is 24.1 Å². The van der Waals surface area contributed by atoms with Crippen LogP contribution in [0.15, 0.2) is 35.3 Å². The topological polar surface area (TPSA) is 92.0 Å². The third kappa shape index (κ3) is 4.11. The van der Waals surface area contributed by atoms with E-state index in [4.69, 9.17) is 4.74 Å². The minimum atomic E-state index is -0.872. The highest BCUT2D eigenvalue weighted by Crippen LogP contribution is 2.35. The van der Waals surface area contributed by atoms with Gasteiger partial charge in [-0.05, 0) is 36.2 Å². The predicted molar refractivity (Wildman–Crippen MR) is 110 cm³/mol. The van der Waals surface area contributed by atoms with Gasteiger partial charge in [-0.1, -0.05) is 6.92 Å². The molecule has 1 aromatic heterocycles. The maximum atomic E-state index is 14.7. The van der Waals surface area contributed by atoms with Crippen LogP contribution in [0.3, 0.4) is 0 Å². The van der Waals surface area contributed by atoms with Gasteiger partial charge in [0.05, 0.1) is 20.3 Å². The molecule has 0 aliphatic carbocycles. The number of hydrogen-bond acceptors (Lipinski definition) is 5. The van der Waals surface area contributed by atoms with Crippen molar-refractivity contribution in [1.82, 2.24) is 4.57 Å². The summed E-state index contributed by atoms with van der Waals surface area (Å²) < 4.78 is 21.2. The molecule has 2 aromatic rings. The number of nitrogens with zero attached hydrogens (tertiary/aromatic N) is 2. The summed E-state index contributed by atoms with van der Waals surface area (Å²) in [7, 11) is 1.47. The van der Waals surface area contributed by atoms with Crippen LogP contribution < -0.4 is 15.2 Å². The molecule has 0 spiro atoms. The molecule has 0 saturated carbocycles. The number of amides is 1. The fourth-order valence-electron chi connectivity index (χ4n) is 3.91. The van der Waals surface area contributed by atoms with E-state index < -0.39 is 16.8 Å². The summed E-state index contributed by atoms with van der Waals surface area (Å²) in [6.07, 6.45) is 1.66. The molecule has 1 saturated heterocycles. The number of halogens is 1. The Bertz CT molecular complexity index is 976. The molecule has 1 aliphatic heterocycles. The summed E-state index contributed by atoms with van der Waals surface area (Å²) in [6.45, 7) is 3.15. The van der Waals surface area contributed by atoms with E-state index in [1.165, 1.54) is 22.6 Å². The van der Waals surface area contributed by atoms with Crippen molar-refractivity contribution in [2.75, 3.05) is 31.8 Å². The molecule has 0 bridgehead atoms. The summed E-state index contributed by atoms with van der Waals surface area (Å²) in [5.41, 5.74) is 0.0830. The van der Waals surface area contributed by atoms with E-state index in [0.717, 1.165) is 0 Å². The van der Waals surface area contributed by atoms with Gasteiger partial charge in [-0.15, -0.1) is 0 Å². The zero-order chi connectivity index (χ0) is 22.1. The van der Waals surface area contributed by atoms with E-state index >= 15 is 0 Å². The molecule has 0 radical (unpaired) electrons. The maximum Gasteiger partial charge on any atom is 0.274 e. The molecule has 1 amide bonds. The molecule has 1 aromatic carbocycles. The number of aliphatic hydroxyl groups is 2. The van der Waals surface area contributed by atoms with Crippen molar-refractivity contribution in [3.8, 4) is 5.75 Å². The van der Waals surface area contributed by atoms with Gasteiger partial charge in [-0.25, -0.2) is 4.39 Å². The Balaban J connectivity index is 1.91. The van der Waals surface area contributed by atoms with Crippen LogP contribution in [0.1, 0.15) is 30.4 Å². The van der Waals surface area contributed by atoms with Crippen molar-refractivity contribution in [3.63, 3.8) is 0 Å². The van der Waals surface area contributed by atoms with Crippen LogP contribution in [0.25, 0.3) is 0 Å². The number of benzene rings is 1. The van der Waals surface area contributed by atoms with Gasteiger partial charge in [-0.2, -0.15) is 0 Å². The molecule has 30 heavy (non-hydrogen) atoms. The lowest BCUT2D eigenvalue weighted by atomic mass is 9.93. The first-order chi connectivity index (χ1) is 14.2. The number of pyridine rings is 1. The summed E-state index contributed by atoms with van der Waals surface area (Å²) >= 11 is 0. The molecule has 3 rings (SSSR count). The van der Waals surface area contributed by atoms with Crippen LogP contribution in [0.4, 0.5) is 10.1 Å². The van der Waals surface area contributed by atoms with E-state index in [1.807, 2.05) is 0 Å². The van der Waals surface area contributed by atoms with Crippen LogP contribution in [-0.2, 0) is 11.3 Å². The molecular formula is C22H27FN2O5. The van der Waals surface area contributed by atoms with Gasteiger partial charge in [0.15, 0.2) is 0 Å². The SMILES string of the molecule is COc1cc(C)c([C@H]2CC(=O)N(c3cccn(CC(C)(CO)CO)c3=O)C2)c(F)c1. The second-order valence-electron chi connectivity index (χ2n) is 8.20. The zero-order valence-electron chi connectivity index (χ0n) is 17.4. The molecule has 7 nitrogen and oxygen atoms in total. The summed E-state index contributed by atoms with van der Waals surface area (Å²) in [4.78, 5) is 27.1. The molecule has 2 heterocycles. The fraction of sp³-hybridized carbons (Fsp3) is 0.455. The van der Waals surface area contributed by atoms with Crippen LogP contribution in [0.5, 0.6) is 5.75 Å². The van der Waals surface area contributed by atoms with Crippen LogP contribution >= 0.6 is 0 Å². The quantitative estimate of drug-likeness (QED) is 0.716. The lowest BCUT2D eigenvalue weighted by molar-refractivity contribution is -0.117. The standard InChI is InChI=1S/C22H27FN2O5/c1-14-7-16(30-3)9-17(23)20(14)15-8-19(28)25(10-15)18-5-4-6-24(21(18)29)11-22(2,12-26)13-27/h4-7,9,15,26-27H,8,10-13H2,1-3H3/t15-/m0/s1. The Morgan fingerprint density at radius 1 is 1.27 bits per heavy atom. The summed E-state index contributed by atoms with van der Waals surface area (Å²) in [5, 5.41) is 19.1. The highest BCUT2D eigenvalue weighted by Gasteiger charge is 2.35. The highest BCUT2D eigenvalue weighted by atomic mass is 19.1. The molecule has 2 N–H and O–H groups in total. The minimum absolute atomic E-state index is 0.101. The van der Waals surface area contributed by atoms with Crippen molar-refractivity contribution in [3.05, 3.63) is 57.8 Å². The first-order valence-electron chi connectivity index (χ1n) is 9.78. The molecule has 1 fully saturated rings. The number of hydrogen-bond donors (Lipinski definition) is 2. The molecular weight excluding hydrogens is 391 g/mol. The monoisotopic (exact) mass is 418 g/mol. The van der Waals surface area contributed by atoms with Gasteiger partial charge < -0.3 is 24.4 Å². The number of aliphatic hydroxyl groups excluding tert-OH is 2. The second kappa shape index (κ2) is 8.57. The molecule has 1 aliphatic rings. The average molecular weight is 418 g/mol. The van der Waals surface area contributed by atoms with E-state index in [9.17, 15) is 24.2 Å². The minimum Gasteiger partial charge on any atom is -0.497 e. The summed E-state index contributed by atoms with van der Waals surface area (Å²) in [6, 6.07) is 6.23. The van der Waals surface area contributed by atoms with Gasteiger partial charge >= 0.3 is 0 Å². The highest BCUT2D eigenvalue weighted by molar-refractivity contribution is 5.96. The number of anilines is 1. The van der Waals surface area contributed by atoms with Crippen LogP contribution in [-0.4, -0.2) is 47.6 Å². The first-order valence-corrected chi connectivity index (χ1v) is 9.78. The number of aryl methyl sites for hydroxylation is 1. The normalized spacial score (nSPS) is 16.9. The van der Waals surface area contributed by atoms with E-state index in [2.05, 4.69) is 0 Å². The second-order valence-corrected chi connectivity index (χ2v) is 8.20. The Morgan fingerprint density at radius 3 is 2.57 bits per heavy atom. The van der Waals surface area contributed by atoms with E-state index in [-0.39, 0.29) is 50.2 Å². The van der Waals surface area contributed by atoms with Gasteiger partial charge in [0.1, 0.15) is 17.3 Å². The Labute approximate surface area is 174 Å². The lowest BCUT2D eigenvalue weighted by Gasteiger charge is -2.26. The zero-order valence-corrected chi connectivity index (χ0v) is 17.4. The fourth-order valence-corrected chi connectivity index (χ4v) is 3.91. The Hall–Kier alpha value is -2.71. The third-order valence-corrected chi connectivity index (χ3v) is 5.69. The van der Waals surface area contributed by atoms with Crippen molar-refractivity contribution in [1.29, 1.82) is 0 Å². The van der Waals surface area contributed by atoms with Crippen LogP contribution in [0, 0.1) is 18.2 Å². The van der Waals surface area contributed by atoms with Gasteiger partial charge in [0, 0.05) is 43.1 Å². The van der Waals surface area contributed by atoms with Crippen molar-refractivity contribution in [2.24, 2.45) is 5.41 Å². The van der Waals surface area contributed by atoms with Crippen molar-refractivity contribution in [2.45, 2.75) is 32.7 Å². The number of carbonyl (C=O) groups is 1. The largest absolute Gasteiger partial charge is 0.497 e. The number of carbonyl (C=O) groups excluding carboxylic acids is 1. The van der Waals surface area contributed by atoms with E-state index in [0.29, 0.717) is 16.9 Å². The van der Waals surface area contributed by atoms with Crippen LogP contribution in [0.2, 0.25) is 0 Å². The smallest absolute Gasteiger partial charge is 0.274 e. The number of aromatic nitrogens is 1. The first kappa shape index (κ1) is 22.0. The molecule has 1 atom stereocenters. The molecule has 8 heteroatoms.